The van der Waals surface area contributed by atoms with E-state index < -0.39 is 0 Å². The van der Waals surface area contributed by atoms with Crippen LogP contribution in [0.2, 0.25) is 0 Å². The van der Waals surface area contributed by atoms with E-state index in [-0.39, 0.29) is 0 Å². The van der Waals surface area contributed by atoms with Crippen molar-refractivity contribution in [3.05, 3.63) is 34.9 Å². The molecule has 1 fully saturated rings. The lowest BCUT2D eigenvalue weighted by Crippen LogP contribution is -2.33. The van der Waals surface area contributed by atoms with Crippen LogP contribution in [-0.2, 0) is 6.42 Å². The molecule has 0 saturated heterocycles. The standard InChI is InChI=1S/C17H25N/c1-11(2)8-13-4-7-15-12(3)10-18-17(14-5-6-14)16(15)9-13/h4,7,9,11-12,14,17-18H,5-6,8,10H2,1-3H3. The number of hydrogen-bond donors (Lipinski definition) is 1. The number of fused-ring (bicyclic) bond motifs is 1. The van der Waals surface area contributed by atoms with Crippen LogP contribution in [0, 0.1) is 11.8 Å². The SMILES string of the molecule is CC(C)Cc1ccc2c(c1)C(C1CC1)NCC2C. The van der Waals surface area contributed by atoms with Crippen LogP contribution in [0.4, 0.5) is 0 Å². The average molecular weight is 243 g/mol. The smallest absolute Gasteiger partial charge is 0.0351 e. The van der Waals surface area contributed by atoms with Gasteiger partial charge in [-0.2, -0.15) is 0 Å². The Kier molecular flexibility index (Phi) is 3.19. The Morgan fingerprint density at radius 1 is 1.22 bits per heavy atom. The molecule has 2 aliphatic rings. The normalized spacial score (nSPS) is 27.3. The predicted molar refractivity (Wildman–Crippen MR) is 76.9 cm³/mol. The maximum absolute atomic E-state index is 3.77. The monoisotopic (exact) mass is 243 g/mol. The van der Waals surface area contributed by atoms with Crippen LogP contribution in [0.25, 0.3) is 0 Å². The summed E-state index contributed by atoms with van der Waals surface area (Å²) in [5, 5.41) is 3.77. The van der Waals surface area contributed by atoms with Crippen LogP contribution in [0.1, 0.15) is 62.3 Å². The first-order valence-corrected chi connectivity index (χ1v) is 7.51. The van der Waals surface area contributed by atoms with Crippen molar-refractivity contribution in [1.82, 2.24) is 5.32 Å². The highest BCUT2D eigenvalue weighted by molar-refractivity contribution is 5.39. The number of hydrogen-bond acceptors (Lipinski definition) is 1. The molecule has 1 aliphatic heterocycles. The van der Waals surface area contributed by atoms with Crippen LogP contribution in [0.15, 0.2) is 18.2 Å². The van der Waals surface area contributed by atoms with Gasteiger partial charge in [-0.25, -0.2) is 0 Å². The maximum atomic E-state index is 3.77. The molecule has 3 rings (SSSR count). The molecule has 2 unspecified atom stereocenters. The number of nitrogens with one attached hydrogen (secondary N) is 1. The molecule has 1 aromatic rings. The van der Waals surface area contributed by atoms with Crippen LogP contribution in [0.5, 0.6) is 0 Å². The van der Waals surface area contributed by atoms with Gasteiger partial charge >= 0.3 is 0 Å². The van der Waals surface area contributed by atoms with Crippen LogP contribution < -0.4 is 5.32 Å². The summed E-state index contributed by atoms with van der Waals surface area (Å²) >= 11 is 0. The van der Waals surface area contributed by atoms with Gasteiger partial charge in [-0.15, -0.1) is 0 Å². The summed E-state index contributed by atoms with van der Waals surface area (Å²) in [5.41, 5.74) is 4.72. The van der Waals surface area contributed by atoms with E-state index in [4.69, 9.17) is 0 Å². The van der Waals surface area contributed by atoms with E-state index in [1.54, 1.807) is 11.1 Å². The summed E-state index contributed by atoms with van der Waals surface area (Å²) in [6, 6.07) is 7.88. The first-order valence-electron chi connectivity index (χ1n) is 7.51. The third kappa shape index (κ3) is 2.33. The fourth-order valence-electron chi connectivity index (χ4n) is 3.31. The molecule has 1 heteroatoms. The second-order valence-corrected chi connectivity index (χ2v) is 6.69. The van der Waals surface area contributed by atoms with Crippen molar-refractivity contribution in [2.45, 2.75) is 52.0 Å². The van der Waals surface area contributed by atoms with Gasteiger partial charge in [-0.3, -0.25) is 0 Å². The minimum atomic E-state index is 0.642. The van der Waals surface area contributed by atoms with Crippen LogP contribution in [-0.4, -0.2) is 6.54 Å². The largest absolute Gasteiger partial charge is 0.309 e. The maximum Gasteiger partial charge on any atom is 0.0351 e. The molecule has 0 bridgehead atoms. The lowest BCUT2D eigenvalue weighted by atomic mass is 9.84. The molecule has 1 aliphatic carbocycles. The Morgan fingerprint density at radius 2 is 2.00 bits per heavy atom. The third-order valence-corrected chi connectivity index (χ3v) is 4.40. The highest BCUT2D eigenvalue weighted by Gasteiger charge is 2.36. The van der Waals surface area contributed by atoms with Crippen molar-refractivity contribution in [2.24, 2.45) is 11.8 Å². The Balaban J connectivity index is 1.94. The number of rotatable bonds is 3. The molecule has 1 aromatic carbocycles. The predicted octanol–water partition coefficient (Wildman–Crippen LogP) is 4.04. The molecular weight excluding hydrogens is 218 g/mol. The summed E-state index contributed by atoms with van der Waals surface area (Å²) < 4.78 is 0. The molecule has 0 amide bonds. The van der Waals surface area contributed by atoms with E-state index in [0.29, 0.717) is 12.0 Å². The highest BCUT2D eigenvalue weighted by Crippen LogP contribution is 2.45. The van der Waals surface area contributed by atoms with Gasteiger partial charge in [0, 0.05) is 12.6 Å². The Bertz CT molecular complexity index is 431. The van der Waals surface area contributed by atoms with Gasteiger partial charge in [0.05, 0.1) is 0 Å². The van der Waals surface area contributed by atoms with E-state index in [0.717, 1.165) is 18.4 Å². The lowest BCUT2D eigenvalue weighted by Gasteiger charge is -2.32. The molecular formula is C17H25N. The van der Waals surface area contributed by atoms with Gasteiger partial charge in [-0.05, 0) is 53.7 Å². The van der Waals surface area contributed by atoms with Crippen molar-refractivity contribution >= 4 is 0 Å². The molecule has 1 nitrogen and oxygen atoms in total. The van der Waals surface area contributed by atoms with E-state index >= 15 is 0 Å². The first kappa shape index (κ1) is 12.2. The molecule has 1 saturated carbocycles. The second-order valence-electron chi connectivity index (χ2n) is 6.69. The highest BCUT2D eigenvalue weighted by atomic mass is 14.9. The Hall–Kier alpha value is -0.820. The zero-order valence-electron chi connectivity index (χ0n) is 11.9. The molecule has 0 aromatic heterocycles. The van der Waals surface area contributed by atoms with Crippen LogP contribution >= 0.6 is 0 Å². The molecule has 1 N–H and O–H groups in total. The lowest BCUT2D eigenvalue weighted by molar-refractivity contribution is 0.428. The van der Waals surface area contributed by atoms with Gasteiger partial charge in [0.1, 0.15) is 0 Å². The fraction of sp³-hybridized carbons (Fsp3) is 0.647. The van der Waals surface area contributed by atoms with Gasteiger partial charge in [0.2, 0.25) is 0 Å². The molecule has 0 radical (unpaired) electrons. The summed E-state index contributed by atoms with van der Waals surface area (Å²) in [5.74, 6) is 2.32. The van der Waals surface area contributed by atoms with Gasteiger partial charge in [-0.1, -0.05) is 39.0 Å². The van der Waals surface area contributed by atoms with Crippen molar-refractivity contribution in [2.75, 3.05) is 6.54 Å². The number of benzene rings is 1. The van der Waals surface area contributed by atoms with Crippen molar-refractivity contribution < 1.29 is 0 Å². The molecule has 0 spiro atoms. The zero-order valence-corrected chi connectivity index (χ0v) is 11.9. The molecule has 18 heavy (non-hydrogen) atoms. The quantitative estimate of drug-likeness (QED) is 0.844. The third-order valence-electron chi connectivity index (χ3n) is 4.40. The molecule has 1 heterocycles. The Labute approximate surface area is 111 Å². The summed E-state index contributed by atoms with van der Waals surface area (Å²) in [4.78, 5) is 0. The summed E-state index contributed by atoms with van der Waals surface area (Å²) in [6.45, 7) is 8.10. The van der Waals surface area contributed by atoms with E-state index in [9.17, 15) is 0 Å². The molecule has 2 atom stereocenters. The van der Waals surface area contributed by atoms with E-state index in [2.05, 4.69) is 44.3 Å². The minimum Gasteiger partial charge on any atom is -0.309 e. The van der Waals surface area contributed by atoms with E-state index in [1.165, 1.54) is 24.8 Å². The van der Waals surface area contributed by atoms with E-state index in [1.807, 2.05) is 0 Å². The van der Waals surface area contributed by atoms with Crippen molar-refractivity contribution in [3.63, 3.8) is 0 Å². The zero-order chi connectivity index (χ0) is 12.7. The Morgan fingerprint density at radius 3 is 2.67 bits per heavy atom. The minimum absolute atomic E-state index is 0.642. The van der Waals surface area contributed by atoms with Crippen molar-refractivity contribution in [3.8, 4) is 0 Å². The second kappa shape index (κ2) is 4.70. The summed E-state index contributed by atoms with van der Waals surface area (Å²) in [6.07, 6.45) is 4.04. The van der Waals surface area contributed by atoms with Gasteiger partial charge in [0.25, 0.3) is 0 Å². The summed E-state index contributed by atoms with van der Waals surface area (Å²) in [7, 11) is 0. The van der Waals surface area contributed by atoms with Gasteiger partial charge in [0.15, 0.2) is 0 Å². The van der Waals surface area contributed by atoms with Crippen LogP contribution in [0.3, 0.4) is 0 Å². The fourth-order valence-corrected chi connectivity index (χ4v) is 3.31. The molecule has 98 valence electrons. The van der Waals surface area contributed by atoms with Gasteiger partial charge < -0.3 is 5.32 Å². The topological polar surface area (TPSA) is 12.0 Å². The average Bonchev–Trinajstić information content (AvgIpc) is 3.12. The van der Waals surface area contributed by atoms with Crippen molar-refractivity contribution in [1.29, 1.82) is 0 Å². The first-order chi connectivity index (χ1) is 8.65.